The molecule has 1 atom stereocenters. The third-order valence-corrected chi connectivity index (χ3v) is 3.25. The van der Waals surface area contributed by atoms with Crippen LogP contribution in [0.25, 0.3) is 11.0 Å². The highest BCUT2D eigenvalue weighted by molar-refractivity contribution is 5.78. The van der Waals surface area contributed by atoms with Crippen LogP contribution in [0, 0.1) is 18.6 Å². The summed E-state index contributed by atoms with van der Waals surface area (Å²) >= 11 is 0. The van der Waals surface area contributed by atoms with Gasteiger partial charge in [-0.1, -0.05) is 18.2 Å². The maximum absolute atomic E-state index is 13.6. The Morgan fingerprint density at radius 2 is 1.90 bits per heavy atom. The molecule has 0 aliphatic carbocycles. The molecule has 0 aliphatic heterocycles. The summed E-state index contributed by atoms with van der Waals surface area (Å²) in [6.07, 6.45) is 0. The average Bonchev–Trinajstić information content (AvgIpc) is 2.82. The summed E-state index contributed by atoms with van der Waals surface area (Å²) in [6.45, 7) is 1.79. The highest BCUT2D eigenvalue weighted by Gasteiger charge is 2.16. The predicted molar refractivity (Wildman–Crippen MR) is 73.3 cm³/mol. The number of hydrogen-bond acceptors (Lipinski definition) is 2. The number of furan rings is 1. The van der Waals surface area contributed by atoms with Crippen LogP contribution in [0.5, 0.6) is 0 Å². The van der Waals surface area contributed by atoms with Gasteiger partial charge in [0.15, 0.2) is 11.4 Å². The van der Waals surface area contributed by atoms with E-state index in [0.717, 1.165) is 5.56 Å². The number of hydrogen-bond donors (Lipinski definition) is 1. The Balaban J connectivity index is 2.07. The third-order valence-electron chi connectivity index (χ3n) is 3.25. The number of nitrogens with two attached hydrogens (primary N) is 1. The van der Waals surface area contributed by atoms with Crippen molar-refractivity contribution in [1.29, 1.82) is 0 Å². The Morgan fingerprint density at radius 3 is 2.60 bits per heavy atom. The molecule has 2 aromatic carbocycles. The van der Waals surface area contributed by atoms with E-state index in [1.54, 1.807) is 31.2 Å². The van der Waals surface area contributed by atoms with Crippen molar-refractivity contribution in [1.82, 2.24) is 0 Å². The molecular weight excluding hydrogens is 260 g/mol. The SMILES string of the molecule is Cc1cc(F)cc(C(N)c2cc3cccc(F)c3o2)c1. The van der Waals surface area contributed by atoms with E-state index < -0.39 is 11.9 Å². The fourth-order valence-electron chi connectivity index (χ4n) is 2.31. The zero-order valence-electron chi connectivity index (χ0n) is 10.9. The topological polar surface area (TPSA) is 39.2 Å². The first-order chi connectivity index (χ1) is 9.54. The maximum Gasteiger partial charge on any atom is 0.169 e. The second-order valence-electron chi connectivity index (χ2n) is 4.85. The molecule has 1 unspecified atom stereocenters. The van der Waals surface area contributed by atoms with Gasteiger partial charge in [-0.15, -0.1) is 0 Å². The molecule has 4 heteroatoms. The van der Waals surface area contributed by atoms with Crippen LogP contribution < -0.4 is 5.73 Å². The van der Waals surface area contributed by atoms with Crippen molar-refractivity contribution >= 4 is 11.0 Å². The van der Waals surface area contributed by atoms with Gasteiger partial charge in [0.25, 0.3) is 0 Å². The number of para-hydroxylation sites is 1. The van der Waals surface area contributed by atoms with Gasteiger partial charge in [-0.2, -0.15) is 0 Å². The van der Waals surface area contributed by atoms with Gasteiger partial charge in [-0.05, 0) is 42.3 Å². The van der Waals surface area contributed by atoms with Gasteiger partial charge in [0.1, 0.15) is 11.6 Å². The minimum Gasteiger partial charge on any atom is -0.456 e. The third kappa shape index (κ3) is 2.18. The molecule has 20 heavy (non-hydrogen) atoms. The van der Waals surface area contributed by atoms with Gasteiger partial charge in [0.05, 0.1) is 6.04 Å². The van der Waals surface area contributed by atoms with Crippen LogP contribution in [-0.2, 0) is 0 Å². The van der Waals surface area contributed by atoms with Crippen molar-refractivity contribution in [3.8, 4) is 0 Å². The molecule has 3 rings (SSSR count). The molecule has 0 aliphatic rings. The van der Waals surface area contributed by atoms with E-state index in [1.165, 1.54) is 18.2 Å². The largest absolute Gasteiger partial charge is 0.456 e. The summed E-state index contributed by atoms with van der Waals surface area (Å²) in [5.74, 6) is -0.371. The lowest BCUT2D eigenvalue weighted by Crippen LogP contribution is -2.11. The summed E-state index contributed by atoms with van der Waals surface area (Å²) in [5, 5.41) is 0.642. The quantitative estimate of drug-likeness (QED) is 0.764. The second-order valence-corrected chi connectivity index (χ2v) is 4.85. The van der Waals surface area contributed by atoms with Crippen molar-refractivity contribution in [2.75, 3.05) is 0 Å². The average molecular weight is 273 g/mol. The van der Waals surface area contributed by atoms with Gasteiger partial charge >= 0.3 is 0 Å². The molecule has 0 amide bonds. The molecule has 0 saturated carbocycles. The van der Waals surface area contributed by atoms with E-state index in [-0.39, 0.29) is 11.4 Å². The standard InChI is InChI=1S/C16H13F2NO/c1-9-5-11(7-12(17)6-9)15(19)14-8-10-3-2-4-13(18)16(10)20-14/h2-8,15H,19H2,1H3. The summed E-state index contributed by atoms with van der Waals surface area (Å²) in [5.41, 5.74) is 7.63. The number of aryl methyl sites for hydroxylation is 1. The second kappa shape index (κ2) is 4.72. The van der Waals surface area contributed by atoms with Crippen LogP contribution in [0.1, 0.15) is 22.9 Å². The van der Waals surface area contributed by atoms with Crippen LogP contribution in [0.2, 0.25) is 0 Å². The van der Waals surface area contributed by atoms with Crippen molar-refractivity contribution in [2.24, 2.45) is 5.73 Å². The summed E-state index contributed by atoms with van der Waals surface area (Å²) in [4.78, 5) is 0. The van der Waals surface area contributed by atoms with E-state index in [0.29, 0.717) is 16.7 Å². The fraction of sp³-hybridized carbons (Fsp3) is 0.125. The fourth-order valence-corrected chi connectivity index (χ4v) is 2.31. The van der Waals surface area contributed by atoms with Crippen LogP contribution in [0.15, 0.2) is 46.9 Å². The highest BCUT2D eigenvalue weighted by atomic mass is 19.1. The molecule has 0 fully saturated rings. The van der Waals surface area contributed by atoms with E-state index in [2.05, 4.69) is 0 Å². The number of rotatable bonds is 2. The molecule has 3 aromatic rings. The Morgan fingerprint density at radius 1 is 1.10 bits per heavy atom. The first kappa shape index (κ1) is 12.8. The zero-order chi connectivity index (χ0) is 14.3. The molecule has 0 spiro atoms. The summed E-state index contributed by atoms with van der Waals surface area (Å²) < 4.78 is 32.5. The molecule has 1 aromatic heterocycles. The minimum absolute atomic E-state index is 0.172. The van der Waals surface area contributed by atoms with E-state index in [9.17, 15) is 8.78 Å². The van der Waals surface area contributed by atoms with Crippen LogP contribution in [0.4, 0.5) is 8.78 Å². The lowest BCUT2D eigenvalue weighted by atomic mass is 10.0. The maximum atomic E-state index is 13.6. The predicted octanol–water partition coefficient (Wildman–Crippen LogP) is 4.07. The van der Waals surface area contributed by atoms with Crippen molar-refractivity contribution < 1.29 is 13.2 Å². The molecule has 0 bridgehead atoms. The van der Waals surface area contributed by atoms with E-state index >= 15 is 0 Å². The van der Waals surface area contributed by atoms with Gasteiger partial charge in [-0.3, -0.25) is 0 Å². The molecule has 2 N–H and O–H groups in total. The lowest BCUT2D eigenvalue weighted by molar-refractivity contribution is 0.501. The van der Waals surface area contributed by atoms with Crippen LogP contribution in [-0.4, -0.2) is 0 Å². The van der Waals surface area contributed by atoms with Crippen molar-refractivity contribution in [3.05, 3.63) is 71.0 Å². The Labute approximate surface area is 114 Å². The van der Waals surface area contributed by atoms with Crippen molar-refractivity contribution in [2.45, 2.75) is 13.0 Å². The molecule has 0 radical (unpaired) electrons. The zero-order valence-corrected chi connectivity index (χ0v) is 10.9. The molecule has 102 valence electrons. The summed E-state index contributed by atoms with van der Waals surface area (Å²) in [7, 11) is 0. The summed E-state index contributed by atoms with van der Waals surface area (Å²) in [6, 6.07) is 10.3. The van der Waals surface area contributed by atoms with Gasteiger partial charge in [-0.25, -0.2) is 8.78 Å². The monoisotopic (exact) mass is 273 g/mol. The van der Waals surface area contributed by atoms with Gasteiger partial charge in [0, 0.05) is 5.39 Å². The lowest BCUT2D eigenvalue weighted by Gasteiger charge is -2.10. The van der Waals surface area contributed by atoms with Gasteiger partial charge in [0.2, 0.25) is 0 Å². The first-order valence-electron chi connectivity index (χ1n) is 6.25. The Hall–Kier alpha value is -2.20. The molecule has 1 heterocycles. The normalized spacial score (nSPS) is 12.8. The number of benzene rings is 2. The smallest absolute Gasteiger partial charge is 0.169 e. The molecule has 0 saturated heterocycles. The molecular formula is C16H13F2NO. The Bertz CT molecular complexity index is 759. The Kier molecular flexibility index (Phi) is 3.03. The minimum atomic E-state index is -0.629. The van der Waals surface area contributed by atoms with Crippen LogP contribution in [0.3, 0.4) is 0 Å². The first-order valence-corrected chi connectivity index (χ1v) is 6.25. The van der Waals surface area contributed by atoms with Crippen molar-refractivity contribution in [3.63, 3.8) is 0 Å². The van der Waals surface area contributed by atoms with Crippen LogP contribution >= 0.6 is 0 Å². The van der Waals surface area contributed by atoms with Gasteiger partial charge < -0.3 is 10.2 Å². The molecule has 2 nitrogen and oxygen atoms in total. The number of halogens is 2. The highest BCUT2D eigenvalue weighted by Crippen LogP contribution is 2.28. The van der Waals surface area contributed by atoms with E-state index in [1.807, 2.05) is 0 Å². The van der Waals surface area contributed by atoms with E-state index in [4.69, 9.17) is 10.2 Å². The number of fused-ring (bicyclic) bond motifs is 1.